The second-order valence-electron chi connectivity index (χ2n) is 4.27. The van der Waals surface area contributed by atoms with Gasteiger partial charge >= 0.3 is 0 Å². The van der Waals surface area contributed by atoms with Gasteiger partial charge in [0.2, 0.25) is 0 Å². The summed E-state index contributed by atoms with van der Waals surface area (Å²) in [6, 6.07) is 5.94. The second-order valence-corrected chi connectivity index (χ2v) is 6.25. The molecule has 1 heterocycles. The van der Waals surface area contributed by atoms with Gasteiger partial charge in [-0.05, 0) is 31.2 Å². The predicted molar refractivity (Wildman–Crippen MR) is 76.2 cm³/mol. The van der Waals surface area contributed by atoms with Gasteiger partial charge in [0.05, 0.1) is 5.02 Å². The Morgan fingerprint density at radius 2 is 2.24 bits per heavy atom. The normalized spacial score (nSPS) is 21.0. The number of likely N-dealkylation sites (tertiary alicyclic amines) is 1. The number of rotatable bonds is 4. The quantitative estimate of drug-likeness (QED) is 0.864. The van der Waals surface area contributed by atoms with E-state index in [1.165, 1.54) is 0 Å². The lowest BCUT2D eigenvalue weighted by Gasteiger charge is -2.14. The first-order valence-electron chi connectivity index (χ1n) is 5.71. The summed E-state index contributed by atoms with van der Waals surface area (Å²) in [6.07, 6.45) is 1.11. The van der Waals surface area contributed by atoms with Gasteiger partial charge in [-0.25, -0.2) is 0 Å². The summed E-state index contributed by atoms with van der Waals surface area (Å²) >= 11 is 13.8. The van der Waals surface area contributed by atoms with Gasteiger partial charge in [0.25, 0.3) is 0 Å². The second kappa shape index (κ2) is 6.30. The molecule has 1 aliphatic rings. The Hall–Kier alpha value is 0.0700. The van der Waals surface area contributed by atoms with E-state index in [0.717, 1.165) is 46.7 Å². The van der Waals surface area contributed by atoms with E-state index in [2.05, 4.69) is 4.90 Å². The predicted octanol–water partition coefficient (Wildman–Crippen LogP) is 3.12. The van der Waals surface area contributed by atoms with Crippen LogP contribution in [-0.2, 0) is 0 Å². The molecule has 1 aromatic rings. The standard InChI is InChI=1S/C12H16Cl2N2S/c13-9-1-2-11(14)12(7-9)17-6-5-16-4-3-10(15)8-16/h1-2,7,10H,3-6,8,15H2/t10-/m1/s1. The van der Waals surface area contributed by atoms with Crippen molar-refractivity contribution in [2.75, 3.05) is 25.4 Å². The highest BCUT2D eigenvalue weighted by Gasteiger charge is 2.18. The van der Waals surface area contributed by atoms with Gasteiger partial charge in [-0.3, -0.25) is 0 Å². The molecule has 17 heavy (non-hydrogen) atoms. The Morgan fingerprint density at radius 3 is 2.94 bits per heavy atom. The smallest absolute Gasteiger partial charge is 0.0542 e. The SMILES string of the molecule is N[C@@H]1CCN(CCSc2cc(Cl)ccc2Cl)C1. The molecule has 2 N–H and O–H groups in total. The van der Waals surface area contributed by atoms with Crippen molar-refractivity contribution < 1.29 is 0 Å². The fourth-order valence-electron chi connectivity index (χ4n) is 1.94. The summed E-state index contributed by atoms with van der Waals surface area (Å²) in [5.41, 5.74) is 5.86. The van der Waals surface area contributed by atoms with E-state index in [1.807, 2.05) is 18.2 Å². The number of nitrogens with zero attached hydrogens (tertiary/aromatic N) is 1. The zero-order chi connectivity index (χ0) is 12.3. The zero-order valence-corrected chi connectivity index (χ0v) is 11.9. The Balaban J connectivity index is 1.80. The van der Waals surface area contributed by atoms with Crippen LogP contribution in [0.3, 0.4) is 0 Å². The van der Waals surface area contributed by atoms with Crippen LogP contribution < -0.4 is 5.73 Å². The minimum absolute atomic E-state index is 0.356. The van der Waals surface area contributed by atoms with Crippen molar-refractivity contribution in [1.29, 1.82) is 0 Å². The highest BCUT2D eigenvalue weighted by atomic mass is 35.5. The number of benzene rings is 1. The molecular weight excluding hydrogens is 275 g/mol. The minimum Gasteiger partial charge on any atom is -0.326 e. The largest absolute Gasteiger partial charge is 0.326 e. The van der Waals surface area contributed by atoms with Gasteiger partial charge in [0.1, 0.15) is 0 Å². The Labute approximate surface area is 116 Å². The lowest BCUT2D eigenvalue weighted by Crippen LogP contribution is -2.28. The molecule has 0 aliphatic carbocycles. The van der Waals surface area contributed by atoms with Gasteiger partial charge in [-0.15, -0.1) is 11.8 Å². The summed E-state index contributed by atoms with van der Waals surface area (Å²) in [7, 11) is 0. The van der Waals surface area contributed by atoms with Crippen LogP contribution in [-0.4, -0.2) is 36.3 Å². The third-order valence-corrected chi connectivity index (χ3v) is 4.58. The van der Waals surface area contributed by atoms with E-state index in [4.69, 9.17) is 28.9 Å². The lowest BCUT2D eigenvalue weighted by atomic mass is 10.3. The highest BCUT2D eigenvalue weighted by molar-refractivity contribution is 7.99. The maximum absolute atomic E-state index is 6.10. The van der Waals surface area contributed by atoms with Crippen molar-refractivity contribution in [3.05, 3.63) is 28.2 Å². The molecule has 1 fully saturated rings. The first-order valence-corrected chi connectivity index (χ1v) is 7.45. The molecule has 0 radical (unpaired) electrons. The van der Waals surface area contributed by atoms with E-state index in [-0.39, 0.29) is 0 Å². The molecule has 1 saturated heterocycles. The first-order chi connectivity index (χ1) is 8.15. The van der Waals surface area contributed by atoms with Crippen LogP contribution in [0.4, 0.5) is 0 Å². The van der Waals surface area contributed by atoms with E-state index in [0.29, 0.717) is 6.04 Å². The van der Waals surface area contributed by atoms with Crippen molar-refractivity contribution >= 4 is 35.0 Å². The van der Waals surface area contributed by atoms with Gasteiger partial charge in [0.15, 0.2) is 0 Å². The Kier molecular flexibility index (Phi) is 5.00. The van der Waals surface area contributed by atoms with E-state index >= 15 is 0 Å². The summed E-state index contributed by atoms with van der Waals surface area (Å²) in [5, 5.41) is 1.51. The number of hydrogen-bond donors (Lipinski definition) is 1. The third kappa shape index (κ3) is 4.04. The lowest BCUT2D eigenvalue weighted by molar-refractivity contribution is 0.357. The van der Waals surface area contributed by atoms with Crippen molar-refractivity contribution in [2.24, 2.45) is 5.73 Å². The first kappa shape index (κ1) is 13.5. The zero-order valence-electron chi connectivity index (χ0n) is 9.53. The molecule has 1 aromatic carbocycles. The molecule has 0 spiro atoms. The molecule has 0 bridgehead atoms. The molecule has 2 nitrogen and oxygen atoms in total. The fourth-order valence-corrected chi connectivity index (χ4v) is 3.44. The monoisotopic (exact) mass is 290 g/mol. The van der Waals surface area contributed by atoms with Crippen LogP contribution in [0, 0.1) is 0 Å². The molecule has 0 unspecified atom stereocenters. The summed E-state index contributed by atoms with van der Waals surface area (Å²) in [5.74, 6) is 1.02. The topological polar surface area (TPSA) is 29.3 Å². The van der Waals surface area contributed by atoms with Crippen LogP contribution in [0.5, 0.6) is 0 Å². The summed E-state index contributed by atoms with van der Waals surface area (Å²) < 4.78 is 0. The van der Waals surface area contributed by atoms with Crippen LogP contribution >= 0.6 is 35.0 Å². The van der Waals surface area contributed by atoms with Crippen molar-refractivity contribution in [1.82, 2.24) is 4.90 Å². The molecule has 94 valence electrons. The van der Waals surface area contributed by atoms with E-state index in [9.17, 15) is 0 Å². The van der Waals surface area contributed by atoms with Crippen molar-refractivity contribution in [3.63, 3.8) is 0 Å². The number of halogens is 2. The number of hydrogen-bond acceptors (Lipinski definition) is 3. The molecular formula is C12H16Cl2N2S. The van der Waals surface area contributed by atoms with Crippen molar-refractivity contribution in [2.45, 2.75) is 17.4 Å². The average molecular weight is 291 g/mol. The average Bonchev–Trinajstić information content (AvgIpc) is 2.69. The molecule has 1 aliphatic heterocycles. The molecule has 0 amide bonds. The summed E-state index contributed by atoms with van der Waals surface area (Å²) in [4.78, 5) is 3.46. The minimum atomic E-state index is 0.356. The molecule has 2 rings (SSSR count). The maximum Gasteiger partial charge on any atom is 0.0542 e. The van der Waals surface area contributed by atoms with Crippen molar-refractivity contribution in [3.8, 4) is 0 Å². The molecule has 1 atom stereocenters. The van der Waals surface area contributed by atoms with Crippen LogP contribution in [0.1, 0.15) is 6.42 Å². The van der Waals surface area contributed by atoms with Gasteiger partial charge in [0, 0.05) is 34.8 Å². The molecule has 0 saturated carbocycles. The maximum atomic E-state index is 6.10. The van der Waals surface area contributed by atoms with Crippen LogP contribution in [0.2, 0.25) is 10.0 Å². The van der Waals surface area contributed by atoms with Crippen LogP contribution in [0.15, 0.2) is 23.1 Å². The van der Waals surface area contributed by atoms with Gasteiger partial charge in [-0.2, -0.15) is 0 Å². The summed E-state index contributed by atoms with van der Waals surface area (Å²) in [6.45, 7) is 3.19. The number of nitrogens with two attached hydrogens (primary N) is 1. The van der Waals surface area contributed by atoms with Crippen LogP contribution in [0.25, 0.3) is 0 Å². The Bertz CT molecular complexity index is 387. The third-order valence-electron chi connectivity index (χ3n) is 2.87. The van der Waals surface area contributed by atoms with Gasteiger partial charge in [-0.1, -0.05) is 23.2 Å². The van der Waals surface area contributed by atoms with E-state index < -0.39 is 0 Å². The Morgan fingerprint density at radius 1 is 1.41 bits per heavy atom. The van der Waals surface area contributed by atoms with E-state index in [1.54, 1.807) is 11.8 Å². The number of thioether (sulfide) groups is 1. The van der Waals surface area contributed by atoms with Gasteiger partial charge < -0.3 is 10.6 Å². The highest BCUT2D eigenvalue weighted by Crippen LogP contribution is 2.29. The fraction of sp³-hybridized carbons (Fsp3) is 0.500. The molecule has 0 aromatic heterocycles. The molecule has 5 heteroatoms.